The predicted octanol–water partition coefficient (Wildman–Crippen LogP) is 1.70. The van der Waals surface area contributed by atoms with Gasteiger partial charge in [0.2, 0.25) is 0 Å². The Morgan fingerprint density at radius 1 is 1.25 bits per heavy atom. The van der Waals surface area contributed by atoms with E-state index in [0.29, 0.717) is 18.8 Å². The van der Waals surface area contributed by atoms with Crippen LogP contribution >= 0.6 is 0 Å². The van der Waals surface area contributed by atoms with E-state index in [2.05, 4.69) is 15.1 Å². The number of nitrogens with zero attached hydrogens (tertiary/aromatic N) is 6. The summed E-state index contributed by atoms with van der Waals surface area (Å²) < 4.78 is 3.53. The second-order valence-electron chi connectivity index (χ2n) is 5.77. The average Bonchev–Trinajstić information content (AvgIpc) is 3.12. The van der Waals surface area contributed by atoms with Gasteiger partial charge in [-0.2, -0.15) is 5.10 Å². The summed E-state index contributed by atoms with van der Waals surface area (Å²) in [5.74, 6) is 0.746. The van der Waals surface area contributed by atoms with Crippen LogP contribution in [0.3, 0.4) is 0 Å². The number of hydrogen-bond acceptors (Lipinski definition) is 4. The zero-order valence-electron chi connectivity index (χ0n) is 14.0. The van der Waals surface area contributed by atoms with Crippen LogP contribution < -0.4 is 0 Å². The summed E-state index contributed by atoms with van der Waals surface area (Å²) >= 11 is 0. The van der Waals surface area contributed by atoms with Gasteiger partial charge in [0.15, 0.2) is 0 Å². The minimum atomic E-state index is -0.0787. The zero-order chi connectivity index (χ0) is 17.1. The van der Waals surface area contributed by atoms with E-state index < -0.39 is 0 Å². The van der Waals surface area contributed by atoms with Crippen LogP contribution in [0.15, 0.2) is 43.0 Å². The minimum Gasteiger partial charge on any atom is -0.337 e. The lowest BCUT2D eigenvalue weighted by atomic mass is 10.2. The van der Waals surface area contributed by atoms with E-state index in [4.69, 9.17) is 0 Å². The first-order chi connectivity index (χ1) is 11.5. The van der Waals surface area contributed by atoms with Crippen molar-refractivity contribution in [1.82, 2.24) is 29.2 Å². The van der Waals surface area contributed by atoms with Crippen LogP contribution in [0, 0.1) is 6.92 Å². The minimum absolute atomic E-state index is 0.0787. The molecular weight excluding hydrogens is 304 g/mol. The zero-order valence-corrected chi connectivity index (χ0v) is 14.0. The van der Waals surface area contributed by atoms with Gasteiger partial charge in [-0.25, -0.2) is 4.98 Å². The molecule has 3 rings (SSSR count). The largest absolute Gasteiger partial charge is 0.337 e. The van der Waals surface area contributed by atoms with Crippen LogP contribution in [0.5, 0.6) is 0 Å². The number of carbonyl (C=O) groups is 1. The SMILES string of the molecule is Cc1cc(C(=O)N(Cc2cccnc2)Cc2nccn2C)n(C)n1. The Bertz CT molecular complexity index is 836. The molecule has 0 N–H and O–H groups in total. The summed E-state index contributed by atoms with van der Waals surface area (Å²) in [5.41, 5.74) is 2.35. The first-order valence-corrected chi connectivity index (χ1v) is 7.69. The van der Waals surface area contributed by atoms with E-state index in [9.17, 15) is 4.79 Å². The van der Waals surface area contributed by atoms with Crippen molar-refractivity contribution >= 4 is 5.91 Å². The first-order valence-electron chi connectivity index (χ1n) is 7.69. The highest BCUT2D eigenvalue weighted by atomic mass is 16.2. The summed E-state index contributed by atoms with van der Waals surface area (Å²) in [6.07, 6.45) is 7.10. The highest BCUT2D eigenvalue weighted by Gasteiger charge is 2.21. The Morgan fingerprint density at radius 2 is 2.08 bits per heavy atom. The number of rotatable bonds is 5. The Hall–Kier alpha value is -2.96. The smallest absolute Gasteiger partial charge is 0.272 e. The molecule has 3 aromatic heterocycles. The van der Waals surface area contributed by atoms with Gasteiger partial charge in [0.25, 0.3) is 5.91 Å². The molecule has 0 saturated carbocycles. The molecule has 0 fully saturated rings. The van der Waals surface area contributed by atoms with Crippen molar-refractivity contribution in [2.45, 2.75) is 20.0 Å². The lowest BCUT2D eigenvalue weighted by Gasteiger charge is -2.22. The van der Waals surface area contributed by atoms with Gasteiger partial charge in [-0.05, 0) is 24.6 Å². The van der Waals surface area contributed by atoms with Crippen molar-refractivity contribution in [1.29, 1.82) is 0 Å². The predicted molar refractivity (Wildman–Crippen MR) is 89.0 cm³/mol. The van der Waals surface area contributed by atoms with E-state index in [-0.39, 0.29) is 5.91 Å². The molecule has 0 saturated heterocycles. The molecule has 0 unspecified atom stereocenters. The molecule has 3 aromatic rings. The van der Waals surface area contributed by atoms with Crippen molar-refractivity contribution in [2.24, 2.45) is 14.1 Å². The van der Waals surface area contributed by atoms with Gasteiger partial charge in [-0.15, -0.1) is 0 Å². The van der Waals surface area contributed by atoms with Crippen molar-refractivity contribution in [3.63, 3.8) is 0 Å². The summed E-state index contributed by atoms with van der Waals surface area (Å²) in [7, 11) is 3.70. The topological polar surface area (TPSA) is 68.8 Å². The normalized spacial score (nSPS) is 10.8. The lowest BCUT2D eigenvalue weighted by Crippen LogP contribution is -2.32. The number of imidazole rings is 1. The molecule has 1 amide bonds. The van der Waals surface area contributed by atoms with E-state index >= 15 is 0 Å². The molecule has 7 heteroatoms. The van der Waals surface area contributed by atoms with Gasteiger partial charge in [-0.1, -0.05) is 6.07 Å². The van der Waals surface area contributed by atoms with Crippen molar-refractivity contribution in [2.75, 3.05) is 0 Å². The molecule has 0 aliphatic heterocycles. The van der Waals surface area contributed by atoms with Gasteiger partial charge in [0.05, 0.1) is 12.2 Å². The molecule has 0 aliphatic rings. The summed E-state index contributed by atoms with van der Waals surface area (Å²) in [6.45, 7) is 2.76. The molecular formula is C17H20N6O. The maximum atomic E-state index is 13.0. The van der Waals surface area contributed by atoms with Crippen LogP contribution in [0.4, 0.5) is 0 Å². The number of pyridine rings is 1. The number of carbonyl (C=O) groups excluding carboxylic acids is 1. The van der Waals surface area contributed by atoms with Gasteiger partial charge in [0.1, 0.15) is 11.5 Å². The molecule has 0 bridgehead atoms. The molecule has 0 radical (unpaired) electrons. The van der Waals surface area contributed by atoms with Gasteiger partial charge in [0, 0.05) is 45.4 Å². The average molecular weight is 324 g/mol. The first kappa shape index (κ1) is 15.9. The monoisotopic (exact) mass is 324 g/mol. The maximum absolute atomic E-state index is 13.0. The molecule has 3 heterocycles. The van der Waals surface area contributed by atoms with Crippen LogP contribution in [-0.2, 0) is 27.2 Å². The van der Waals surface area contributed by atoms with E-state index in [1.165, 1.54) is 0 Å². The summed E-state index contributed by atoms with van der Waals surface area (Å²) in [4.78, 5) is 23.2. The number of aryl methyl sites for hydroxylation is 3. The van der Waals surface area contributed by atoms with E-state index in [1.807, 2.05) is 36.9 Å². The van der Waals surface area contributed by atoms with Gasteiger partial charge in [-0.3, -0.25) is 14.5 Å². The summed E-state index contributed by atoms with van der Waals surface area (Å²) in [5, 5.41) is 4.27. The summed E-state index contributed by atoms with van der Waals surface area (Å²) in [6, 6.07) is 5.63. The Morgan fingerprint density at radius 3 is 2.67 bits per heavy atom. The quantitative estimate of drug-likeness (QED) is 0.716. The second kappa shape index (κ2) is 6.66. The highest BCUT2D eigenvalue weighted by Crippen LogP contribution is 2.13. The molecule has 0 aromatic carbocycles. The molecule has 124 valence electrons. The third-order valence-electron chi connectivity index (χ3n) is 3.86. The van der Waals surface area contributed by atoms with E-state index in [1.54, 1.807) is 41.3 Å². The van der Waals surface area contributed by atoms with Crippen LogP contribution in [0.25, 0.3) is 0 Å². The fourth-order valence-electron chi connectivity index (χ4n) is 2.60. The Kier molecular flexibility index (Phi) is 4.41. The lowest BCUT2D eigenvalue weighted by molar-refractivity contribution is 0.0712. The standard InChI is InChI=1S/C17H20N6O/c1-13-9-15(22(3)20-13)17(24)23(11-14-5-4-6-18-10-14)12-16-19-7-8-21(16)2/h4-10H,11-12H2,1-3H3. The fourth-order valence-corrected chi connectivity index (χ4v) is 2.60. The van der Waals surface area contributed by atoms with Crippen LogP contribution in [0.1, 0.15) is 27.6 Å². The van der Waals surface area contributed by atoms with Crippen LogP contribution in [-0.4, -0.2) is 35.1 Å². The number of hydrogen-bond donors (Lipinski definition) is 0. The number of amides is 1. The Balaban J connectivity index is 1.90. The Labute approximate surface area is 140 Å². The molecule has 24 heavy (non-hydrogen) atoms. The van der Waals surface area contributed by atoms with Crippen molar-refractivity contribution in [3.8, 4) is 0 Å². The van der Waals surface area contributed by atoms with Crippen LogP contribution in [0.2, 0.25) is 0 Å². The molecule has 0 spiro atoms. The highest BCUT2D eigenvalue weighted by molar-refractivity contribution is 5.92. The van der Waals surface area contributed by atoms with Crippen molar-refractivity contribution < 1.29 is 4.79 Å². The van der Waals surface area contributed by atoms with Gasteiger partial charge < -0.3 is 9.47 Å². The van der Waals surface area contributed by atoms with Gasteiger partial charge >= 0.3 is 0 Å². The number of aromatic nitrogens is 5. The maximum Gasteiger partial charge on any atom is 0.272 e. The third kappa shape index (κ3) is 3.34. The second-order valence-corrected chi connectivity index (χ2v) is 5.77. The van der Waals surface area contributed by atoms with Crippen molar-refractivity contribution in [3.05, 3.63) is 65.8 Å². The fraction of sp³-hybridized carbons (Fsp3) is 0.294. The third-order valence-corrected chi connectivity index (χ3v) is 3.86. The molecule has 0 atom stereocenters. The molecule has 7 nitrogen and oxygen atoms in total. The molecule has 0 aliphatic carbocycles. The van der Waals surface area contributed by atoms with E-state index in [0.717, 1.165) is 17.1 Å².